The summed E-state index contributed by atoms with van der Waals surface area (Å²) >= 11 is 0. The molecular weight excluding hydrogens is 507 g/mol. The lowest BCUT2D eigenvalue weighted by atomic mass is 10.1. The normalized spacial score (nSPS) is 19.7. The molecule has 0 saturated carbocycles. The van der Waals surface area contributed by atoms with Crippen LogP contribution in [-0.2, 0) is 20.7 Å². The topological polar surface area (TPSA) is 66.4 Å². The number of aliphatic imine (C=N–C) groups is 1. The summed E-state index contributed by atoms with van der Waals surface area (Å²) in [5.74, 6) is 0.825. The van der Waals surface area contributed by atoms with Crippen molar-refractivity contribution < 1.29 is 14.3 Å². The molecule has 31 heavy (non-hydrogen) atoms. The van der Waals surface area contributed by atoms with Crippen LogP contribution in [0.2, 0.25) is 0 Å². The number of rotatable bonds is 8. The molecule has 1 atom stereocenters. The molecule has 2 aliphatic heterocycles. The summed E-state index contributed by atoms with van der Waals surface area (Å²) < 4.78 is 11.7. The maximum atomic E-state index is 12.0. The number of nitrogens with one attached hydrogen (secondary N) is 1. The Kier molecular flexibility index (Phi) is 11.6. The zero-order valence-electron chi connectivity index (χ0n) is 18.8. The third-order valence-electron chi connectivity index (χ3n) is 5.69. The number of benzene rings is 1. The second kappa shape index (κ2) is 13.9. The van der Waals surface area contributed by atoms with Gasteiger partial charge in [-0.1, -0.05) is 30.3 Å². The van der Waals surface area contributed by atoms with Crippen LogP contribution in [0, 0.1) is 0 Å². The molecule has 7 nitrogen and oxygen atoms in total. The third-order valence-corrected chi connectivity index (χ3v) is 5.69. The minimum Gasteiger partial charge on any atom is -0.376 e. The standard InChI is InChI=1S/C23H36N4O3.HI/c1-26(2)22(28)17-25-23(24-13-10-19-7-4-3-5-8-19)27-14-11-20(12-15-27)30-18-21-9-6-16-29-21;/h3-5,7-8,20-21H,6,9-18H2,1-2H3,(H,24,25);1H. The van der Waals surface area contributed by atoms with E-state index >= 15 is 0 Å². The van der Waals surface area contributed by atoms with Gasteiger partial charge < -0.3 is 24.6 Å². The molecule has 2 aliphatic rings. The Morgan fingerprint density at radius 1 is 1.23 bits per heavy atom. The summed E-state index contributed by atoms with van der Waals surface area (Å²) in [4.78, 5) is 20.5. The molecule has 1 N–H and O–H groups in total. The van der Waals surface area contributed by atoms with Gasteiger partial charge in [-0.05, 0) is 37.7 Å². The quantitative estimate of drug-likeness (QED) is 0.310. The van der Waals surface area contributed by atoms with Gasteiger partial charge >= 0.3 is 0 Å². The summed E-state index contributed by atoms with van der Waals surface area (Å²) in [6.45, 7) is 4.28. The number of halogens is 1. The molecule has 2 fully saturated rings. The summed E-state index contributed by atoms with van der Waals surface area (Å²) in [6.07, 6.45) is 5.66. The second-order valence-corrected chi connectivity index (χ2v) is 8.25. The molecule has 1 unspecified atom stereocenters. The van der Waals surface area contributed by atoms with Crippen LogP contribution in [0.5, 0.6) is 0 Å². The summed E-state index contributed by atoms with van der Waals surface area (Å²) in [5, 5.41) is 3.47. The SMILES string of the molecule is CN(C)C(=O)CN=C(NCCc1ccccc1)N1CCC(OCC2CCCO2)CC1.I. The van der Waals surface area contributed by atoms with Crippen LogP contribution in [0.15, 0.2) is 35.3 Å². The summed E-state index contributed by atoms with van der Waals surface area (Å²) in [7, 11) is 3.52. The van der Waals surface area contributed by atoms with E-state index in [-0.39, 0.29) is 48.6 Å². The van der Waals surface area contributed by atoms with Crippen molar-refractivity contribution >= 4 is 35.8 Å². The van der Waals surface area contributed by atoms with Gasteiger partial charge in [-0.25, -0.2) is 4.99 Å². The van der Waals surface area contributed by atoms with Gasteiger partial charge in [0.15, 0.2) is 5.96 Å². The number of piperidine rings is 1. The lowest BCUT2D eigenvalue weighted by Gasteiger charge is -2.34. The van der Waals surface area contributed by atoms with E-state index in [4.69, 9.17) is 9.47 Å². The number of carbonyl (C=O) groups is 1. The van der Waals surface area contributed by atoms with Gasteiger partial charge in [0.05, 0.1) is 18.8 Å². The maximum absolute atomic E-state index is 12.0. The molecular formula is C23H37IN4O3. The largest absolute Gasteiger partial charge is 0.376 e. The minimum absolute atomic E-state index is 0. The third kappa shape index (κ3) is 8.94. The molecule has 2 heterocycles. The fraction of sp³-hybridized carbons (Fsp3) is 0.652. The molecule has 8 heteroatoms. The Labute approximate surface area is 203 Å². The fourth-order valence-corrected chi connectivity index (χ4v) is 3.77. The van der Waals surface area contributed by atoms with Crippen molar-refractivity contribution in [2.24, 2.45) is 4.99 Å². The number of nitrogens with zero attached hydrogens (tertiary/aromatic N) is 3. The lowest BCUT2D eigenvalue weighted by molar-refractivity contribution is -0.127. The van der Waals surface area contributed by atoms with Crippen LogP contribution in [0.4, 0.5) is 0 Å². The predicted octanol–water partition coefficient (Wildman–Crippen LogP) is 2.54. The molecule has 3 rings (SSSR count). The zero-order valence-corrected chi connectivity index (χ0v) is 21.1. The van der Waals surface area contributed by atoms with E-state index in [1.165, 1.54) is 5.56 Å². The van der Waals surface area contributed by atoms with Crippen molar-refractivity contribution in [3.05, 3.63) is 35.9 Å². The predicted molar refractivity (Wildman–Crippen MR) is 134 cm³/mol. The number of hydrogen-bond donors (Lipinski definition) is 1. The zero-order chi connectivity index (χ0) is 21.2. The lowest BCUT2D eigenvalue weighted by Crippen LogP contribution is -2.48. The highest BCUT2D eigenvalue weighted by atomic mass is 127. The van der Waals surface area contributed by atoms with Gasteiger partial charge in [0.2, 0.25) is 5.91 Å². The molecule has 0 spiro atoms. The first-order valence-electron chi connectivity index (χ1n) is 11.1. The molecule has 1 aromatic carbocycles. The Bertz CT molecular complexity index is 673. The van der Waals surface area contributed by atoms with Crippen LogP contribution in [0.3, 0.4) is 0 Å². The van der Waals surface area contributed by atoms with Crippen LogP contribution in [0.25, 0.3) is 0 Å². The first-order valence-corrected chi connectivity index (χ1v) is 11.1. The van der Waals surface area contributed by atoms with Crippen LogP contribution in [0.1, 0.15) is 31.2 Å². The van der Waals surface area contributed by atoms with E-state index in [2.05, 4.69) is 39.5 Å². The Balaban J connectivity index is 0.00000341. The molecule has 0 aromatic heterocycles. The molecule has 2 saturated heterocycles. The molecule has 0 bridgehead atoms. The number of carbonyl (C=O) groups excluding carboxylic acids is 1. The van der Waals surface area contributed by atoms with E-state index in [9.17, 15) is 4.79 Å². The van der Waals surface area contributed by atoms with Crippen molar-refractivity contribution in [3.8, 4) is 0 Å². The highest BCUT2D eigenvalue weighted by molar-refractivity contribution is 14.0. The number of ether oxygens (including phenoxy) is 2. The first kappa shape index (κ1) is 25.9. The van der Waals surface area contributed by atoms with E-state index in [0.717, 1.165) is 64.3 Å². The van der Waals surface area contributed by atoms with Crippen molar-refractivity contribution in [2.75, 3.05) is 53.5 Å². The van der Waals surface area contributed by atoms with E-state index in [0.29, 0.717) is 6.61 Å². The Morgan fingerprint density at radius 3 is 2.61 bits per heavy atom. The van der Waals surface area contributed by atoms with Crippen LogP contribution < -0.4 is 5.32 Å². The first-order chi connectivity index (χ1) is 14.6. The highest BCUT2D eigenvalue weighted by Crippen LogP contribution is 2.18. The van der Waals surface area contributed by atoms with Gasteiger partial charge in [0, 0.05) is 40.3 Å². The number of guanidine groups is 1. The number of amides is 1. The number of likely N-dealkylation sites (N-methyl/N-ethyl adjacent to an activating group) is 1. The number of hydrogen-bond acceptors (Lipinski definition) is 4. The van der Waals surface area contributed by atoms with Gasteiger partial charge in [0.1, 0.15) is 6.54 Å². The molecule has 0 aliphatic carbocycles. The van der Waals surface area contributed by atoms with Gasteiger partial charge in [0.25, 0.3) is 0 Å². The van der Waals surface area contributed by atoms with Crippen LogP contribution in [-0.4, -0.2) is 87.4 Å². The minimum atomic E-state index is 0. The monoisotopic (exact) mass is 544 g/mol. The highest BCUT2D eigenvalue weighted by Gasteiger charge is 2.24. The van der Waals surface area contributed by atoms with Crippen molar-refractivity contribution in [1.29, 1.82) is 0 Å². The van der Waals surface area contributed by atoms with Crippen molar-refractivity contribution in [3.63, 3.8) is 0 Å². The second-order valence-electron chi connectivity index (χ2n) is 8.25. The average Bonchev–Trinajstić information content (AvgIpc) is 3.29. The van der Waals surface area contributed by atoms with E-state index in [1.54, 1.807) is 19.0 Å². The summed E-state index contributed by atoms with van der Waals surface area (Å²) in [5.41, 5.74) is 1.29. The molecule has 1 aromatic rings. The smallest absolute Gasteiger partial charge is 0.243 e. The van der Waals surface area contributed by atoms with E-state index in [1.807, 2.05) is 6.07 Å². The molecule has 174 valence electrons. The molecule has 0 radical (unpaired) electrons. The Hall–Kier alpha value is -1.39. The maximum Gasteiger partial charge on any atom is 0.243 e. The fourth-order valence-electron chi connectivity index (χ4n) is 3.77. The van der Waals surface area contributed by atoms with Gasteiger partial charge in [-0.2, -0.15) is 0 Å². The van der Waals surface area contributed by atoms with E-state index < -0.39 is 0 Å². The number of likely N-dealkylation sites (tertiary alicyclic amines) is 1. The van der Waals surface area contributed by atoms with Gasteiger partial charge in [-0.15, -0.1) is 24.0 Å². The van der Waals surface area contributed by atoms with Gasteiger partial charge in [-0.3, -0.25) is 4.79 Å². The molecule has 1 amide bonds. The summed E-state index contributed by atoms with van der Waals surface area (Å²) in [6, 6.07) is 10.4. The van der Waals surface area contributed by atoms with Crippen molar-refractivity contribution in [2.45, 2.75) is 44.3 Å². The van der Waals surface area contributed by atoms with Crippen LogP contribution >= 0.6 is 24.0 Å². The van der Waals surface area contributed by atoms with Crippen molar-refractivity contribution in [1.82, 2.24) is 15.1 Å². The Morgan fingerprint density at radius 2 is 1.97 bits per heavy atom. The average molecular weight is 544 g/mol.